The van der Waals surface area contributed by atoms with Gasteiger partial charge < -0.3 is 5.21 Å². The lowest BCUT2D eigenvalue weighted by atomic mass is 9.63. The molecule has 0 aliphatic heterocycles. The number of ketones is 2. The van der Waals surface area contributed by atoms with E-state index in [1.165, 1.54) is 0 Å². The first-order valence-corrected chi connectivity index (χ1v) is 8.61. The molecule has 0 saturated heterocycles. The molecule has 2 aliphatic rings. The Bertz CT molecular complexity index is 790. The average molecular weight is 333 g/mol. The molecular formula is C21H19NO3. The van der Waals surface area contributed by atoms with Gasteiger partial charge in [0.1, 0.15) is 5.41 Å². The monoisotopic (exact) mass is 333 g/mol. The molecule has 2 aliphatic carbocycles. The first-order chi connectivity index (χ1) is 12.2. The van der Waals surface area contributed by atoms with Crippen molar-refractivity contribution in [3.05, 3.63) is 71.8 Å². The van der Waals surface area contributed by atoms with Crippen LogP contribution in [0.25, 0.3) is 0 Å². The quantitative estimate of drug-likeness (QED) is 0.398. The summed E-state index contributed by atoms with van der Waals surface area (Å²) in [6.07, 6.45) is 2.41. The molecule has 0 spiro atoms. The van der Waals surface area contributed by atoms with Crippen molar-refractivity contribution >= 4 is 17.3 Å². The van der Waals surface area contributed by atoms with Gasteiger partial charge in [0.15, 0.2) is 11.6 Å². The molecule has 0 radical (unpaired) electrons. The summed E-state index contributed by atoms with van der Waals surface area (Å²) in [7, 11) is 0. The number of hydrogen-bond acceptors (Lipinski definition) is 4. The van der Waals surface area contributed by atoms with Crippen LogP contribution in [-0.2, 0) is 0 Å². The summed E-state index contributed by atoms with van der Waals surface area (Å²) in [5.41, 5.74) is -0.0483. The van der Waals surface area contributed by atoms with Crippen LogP contribution in [0.4, 0.5) is 0 Å². The van der Waals surface area contributed by atoms with Crippen LogP contribution >= 0.6 is 0 Å². The second-order valence-corrected chi connectivity index (χ2v) is 6.89. The van der Waals surface area contributed by atoms with Gasteiger partial charge in [-0.05, 0) is 25.2 Å². The van der Waals surface area contributed by atoms with E-state index in [4.69, 9.17) is 0 Å². The Hall–Kier alpha value is -2.75. The molecule has 0 heterocycles. The summed E-state index contributed by atoms with van der Waals surface area (Å²) < 4.78 is 0. The Morgan fingerprint density at radius 2 is 1.40 bits per heavy atom. The van der Waals surface area contributed by atoms with Crippen molar-refractivity contribution in [2.75, 3.05) is 0 Å². The lowest BCUT2D eigenvalue weighted by Crippen LogP contribution is -2.50. The van der Waals surface area contributed by atoms with E-state index in [1.807, 2.05) is 12.1 Å². The maximum absolute atomic E-state index is 13.5. The van der Waals surface area contributed by atoms with Crippen LogP contribution in [0.1, 0.15) is 40.0 Å². The van der Waals surface area contributed by atoms with Crippen LogP contribution in [0, 0.1) is 17.3 Å². The fourth-order valence-corrected chi connectivity index (χ4v) is 4.66. The number of carbonyl (C=O) groups excluding carboxylic acids is 2. The molecule has 4 rings (SSSR count). The number of hydrogen-bond donors (Lipinski definition) is 1. The van der Waals surface area contributed by atoms with E-state index >= 15 is 0 Å². The number of nitrogens with zero attached hydrogens (tertiary/aromatic N) is 1. The average Bonchev–Trinajstić information content (AvgIpc) is 3.28. The fraction of sp³-hybridized carbons (Fsp3) is 0.286. The van der Waals surface area contributed by atoms with Crippen molar-refractivity contribution in [3.8, 4) is 0 Å². The highest BCUT2D eigenvalue weighted by Crippen LogP contribution is 2.56. The summed E-state index contributed by atoms with van der Waals surface area (Å²) in [6, 6.07) is 17.7. The van der Waals surface area contributed by atoms with Crippen LogP contribution in [0.3, 0.4) is 0 Å². The second kappa shape index (κ2) is 5.96. The number of oxime groups is 1. The lowest BCUT2D eigenvalue weighted by molar-refractivity contribution is 0.0678. The summed E-state index contributed by atoms with van der Waals surface area (Å²) in [6.45, 7) is 0. The Kier molecular flexibility index (Phi) is 3.75. The van der Waals surface area contributed by atoms with Gasteiger partial charge >= 0.3 is 0 Å². The first-order valence-electron chi connectivity index (χ1n) is 8.61. The van der Waals surface area contributed by atoms with Crippen molar-refractivity contribution in [2.45, 2.75) is 19.3 Å². The van der Waals surface area contributed by atoms with Gasteiger partial charge in [-0.2, -0.15) is 0 Å². The number of Topliss-reactive ketones (excluding diaryl/α,β-unsaturated/α-hetero) is 2. The maximum Gasteiger partial charge on any atom is 0.182 e. The van der Waals surface area contributed by atoms with Crippen LogP contribution in [0.2, 0.25) is 0 Å². The number of fused-ring (bicyclic) bond motifs is 2. The molecule has 126 valence electrons. The van der Waals surface area contributed by atoms with Crippen molar-refractivity contribution in [2.24, 2.45) is 22.4 Å². The van der Waals surface area contributed by atoms with Gasteiger partial charge in [-0.25, -0.2) is 0 Å². The number of benzene rings is 2. The Morgan fingerprint density at radius 3 is 1.88 bits per heavy atom. The highest BCUT2D eigenvalue weighted by Gasteiger charge is 2.65. The van der Waals surface area contributed by atoms with E-state index < -0.39 is 5.41 Å². The predicted octanol–water partition coefficient (Wildman–Crippen LogP) is 4.00. The highest BCUT2D eigenvalue weighted by molar-refractivity contribution is 6.35. The molecule has 25 heavy (non-hydrogen) atoms. The zero-order valence-corrected chi connectivity index (χ0v) is 13.8. The molecule has 0 unspecified atom stereocenters. The normalized spacial score (nSPS) is 25.2. The third kappa shape index (κ3) is 2.17. The Labute approximate surface area is 146 Å². The third-order valence-electron chi connectivity index (χ3n) is 5.73. The minimum Gasteiger partial charge on any atom is -0.411 e. The highest BCUT2D eigenvalue weighted by atomic mass is 16.4. The molecule has 0 amide bonds. The zero-order chi connectivity index (χ0) is 17.4. The van der Waals surface area contributed by atoms with Crippen LogP contribution in [0.5, 0.6) is 0 Å². The number of carbonyl (C=O) groups is 2. The SMILES string of the molecule is O=C(c1ccccc1)C1(C(=O)c2ccccc2)/C(=N/O)[C@H]2CC[C@H]1C2. The fourth-order valence-electron chi connectivity index (χ4n) is 4.66. The molecule has 1 N–H and O–H groups in total. The summed E-state index contributed by atoms with van der Waals surface area (Å²) in [4.78, 5) is 27.1. The first kappa shape index (κ1) is 15.8. The van der Waals surface area contributed by atoms with Gasteiger partial charge in [-0.15, -0.1) is 0 Å². The standard InChI is InChI=1S/C21H19NO3/c23-19(14-7-3-1-4-8-14)21(20(24)15-9-5-2-6-10-15)17-12-11-16(13-17)18(21)22-25/h1-10,16-17,25H,11-13H2/b22-18+/t16-,17-/m0/s1. The third-order valence-corrected chi connectivity index (χ3v) is 5.73. The van der Waals surface area contributed by atoms with Crippen LogP contribution in [0.15, 0.2) is 65.8 Å². The Morgan fingerprint density at radius 1 is 0.880 bits per heavy atom. The largest absolute Gasteiger partial charge is 0.411 e. The molecule has 4 heteroatoms. The van der Waals surface area contributed by atoms with Gasteiger partial charge in [-0.3, -0.25) is 9.59 Å². The van der Waals surface area contributed by atoms with E-state index in [-0.39, 0.29) is 23.4 Å². The smallest absolute Gasteiger partial charge is 0.182 e. The van der Waals surface area contributed by atoms with Crippen LogP contribution < -0.4 is 0 Å². The van der Waals surface area contributed by atoms with Crippen LogP contribution in [-0.4, -0.2) is 22.5 Å². The van der Waals surface area contributed by atoms with Gasteiger partial charge in [-0.1, -0.05) is 65.8 Å². The molecular weight excluding hydrogens is 314 g/mol. The van der Waals surface area contributed by atoms with E-state index in [0.717, 1.165) is 19.3 Å². The van der Waals surface area contributed by atoms with E-state index in [9.17, 15) is 14.8 Å². The molecule has 0 aromatic heterocycles. The Balaban J connectivity index is 1.91. The molecule has 2 bridgehead atoms. The molecule has 2 fully saturated rings. The molecule has 2 aromatic carbocycles. The zero-order valence-electron chi connectivity index (χ0n) is 13.8. The topological polar surface area (TPSA) is 66.7 Å². The van der Waals surface area contributed by atoms with Crippen molar-refractivity contribution in [3.63, 3.8) is 0 Å². The molecule has 4 nitrogen and oxygen atoms in total. The van der Waals surface area contributed by atoms with E-state index in [1.54, 1.807) is 48.5 Å². The number of rotatable bonds is 4. The molecule has 2 saturated carbocycles. The molecule has 2 atom stereocenters. The van der Waals surface area contributed by atoms with E-state index in [2.05, 4.69) is 5.16 Å². The minimum atomic E-state index is -1.37. The maximum atomic E-state index is 13.5. The van der Waals surface area contributed by atoms with Gasteiger partial charge in [0.25, 0.3) is 0 Å². The van der Waals surface area contributed by atoms with Crippen molar-refractivity contribution < 1.29 is 14.8 Å². The molecule has 2 aromatic rings. The lowest BCUT2D eigenvalue weighted by Gasteiger charge is -2.35. The van der Waals surface area contributed by atoms with Gasteiger partial charge in [0.05, 0.1) is 5.71 Å². The summed E-state index contributed by atoms with van der Waals surface area (Å²) >= 11 is 0. The van der Waals surface area contributed by atoms with Gasteiger partial charge in [0, 0.05) is 17.0 Å². The second-order valence-electron chi connectivity index (χ2n) is 6.89. The van der Waals surface area contributed by atoms with Gasteiger partial charge in [0.2, 0.25) is 0 Å². The van der Waals surface area contributed by atoms with Crippen molar-refractivity contribution in [1.82, 2.24) is 0 Å². The predicted molar refractivity (Wildman–Crippen MR) is 94.0 cm³/mol. The van der Waals surface area contributed by atoms with Crippen molar-refractivity contribution in [1.29, 1.82) is 0 Å². The van der Waals surface area contributed by atoms with E-state index in [0.29, 0.717) is 16.8 Å². The summed E-state index contributed by atoms with van der Waals surface area (Å²) in [5, 5.41) is 13.2. The summed E-state index contributed by atoms with van der Waals surface area (Å²) in [5.74, 6) is -0.594. The minimum absolute atomic E-state index is 0.00956.